The van der Waals surface area contributed by atoms with E-state index in [1.165, 1.54) is 6.92 Å². The first-order valence-corrected chi connectivity index (χ1v) is 5.33. The summed E-state index contributed by atoms with van der Waals surface area (Å²) >= 11 is 0. The highest BCUT2D eigenvalue weighted by Gasteiger charge is 2.40. The highest BCUT2D eigenvalue weighted by atomic mass is 19.4. The third-order valence-corrected chi connectivity index (χ3v) is 2.24. The van der Waals surface area contributed by atoms with E-state index in [4.69, 9.17) is 0 Å². The number of halogens is 5. The van der Waals surface area contributed by atoms with Gasteiger partial charge in [-0.2, -0.15) is 13.2 Å². The summed E-state index contributed by atoms with van der Waals surface area (Å²) in [5.41, 5.74) is -4.30. The van der Waals surface area contributed by atoms with E-state index in [0.717, 1.165) is 7.11 Å². The largest absolute Gasteiger partial charge is 0.481 e. The van der Waals surface area contributed by atoms with Gasteiger partial charge in [-0.1, -0.05) is 0 Å². The van der Waals surface area contributed by atoms with E-state index in [0.29, 0.717) is 6.07 Å². The second kappa shape index (κ2) is 6.02. The molecule has 1 aromatic heterocycles. The van der Waals surface area contributed by atoms with Gasteiger partial charge in [0.2, 0.25) is 5.88 Å². The van der Waals surface area contributed by atoms with Crippen LogP contribution >= 0.6 is 0 Å². The summed E-state index contributed by atoms with van der Waals surface area (Å²) in [6.07, 6.45) is -8.62. The highest BCUT2D eigenvalue weighted by molar-refractivity contribution is 5.89. The van der Waals surface area contributed by atoms with Gasteiger partial charge in [-0.3, -0.25) is 0 Å². The fourth-order valence-corrected chi connectivity index (χ4v) is 1.45. The maximum Gasteiger partial charge on any atom is 0.417 e. The Kier molecular flexibility index (Phi) is 4.85. The van der Waals surface area contributed by atoms with Crippen LogP contribution in [0, 0.1) is 0 Å². The number of pyridine rings is 1. The predicted molar refractivity (Wildman–Crippen MR) is 56.7 cm³/mol. The molecule has 1 aromatic rings. The summed E-state index contributed by atoms with van der Waals surface area (Å²) in [5.74, 6) is -1.98. The Labute approximate surface area is 110 Å². The Morgan fingerprint density at radius 2 is 2.00 bits per heavy atom. The van der Waals surface area contributed by atoms with Gasteiger partial charge in [0, 0.05) is 6.07 Å². The zero-order chi connectivity index (χ0) is 15.5. The molecule has 0 unspecified atom stereocenters. The van der Waals surface area contributed by atoms with Gasteiger partial charge in [0.1, 0.15) is 0 Å². The lowest BCUT2D eigenvalue weighted by molar-refractivity contribution is -0.139. The lowest BCUT2D eigenvalue weighted by Crippen LogP contribution is -2.18. The minimum Gasteiger partial charge on any atom is -0.481 e. The zero-order valence-electron chi connectivity index (χ0n) is 10.4. The van der Waals surface area contributed by atoms with Crippen LogP contribution in [0.1, 0.15) is 35.0 Å². The van der Waals surface area contributed by atoms with Crippen molar-refractivity contribution in [1.29, 1.82) is 0 Å². The van der Waals surface area contributed by atoms with Gasteiger partial charge < -0.3 is 9.47 Å². The van der Waals surface area contributed by atoms with Crippen LogP contribution in [0.4, 0.5) is 22.0 Å². The predicted octanol–water partition coefficient (Wildman–Crippen LogP) is 3.22. The zero-order valence-corrected chi connectivity index (χ0v) is 10.4. The number of carbonyl (C=O) groups is 1. The van der Waals surface area contributed by atoms with Crippen LogP contribution in [-0.4, -0.2) is 24.7 Å². The second-order valence-corrected chi connectivity index (χ2v) is 3.49. The number of methoxy groups -OCH3 is 1. The summed E-state index contributed by atoms with van der Waals surface area (Å²) in [4.78, 5) is 14.8. The first kappa shape index (κ1) is 16.1. The number of alkyl halides is 5. The number of aromatic nitrogens is 1. The van der Waals surface area contributed by atoms with Crippen LogP contribution in [0.25, 0.3) is 0 Å². The molecule has 1 rings (SSSR count). The lowest BCUT2D eigenvalue weighted by Gasteiger charge is -2.16. The molecular formula is C11H10F5NO3. The molecule has 0 radical (unpaired) electrons. The minimum absolute atomic E-state index is 0.193. The molecular weight excluding hydrogens is 289 g/mol. The molecule has 0 saturated carbocycles. The van der Waals surface area contributed by atoms with Gasteiger partial charge in [0.25, 0.3) is 6.43 Å². The Morgan fingerprint density at radius 1 is 1.40 bits per heavy atom. The Balaban J connectivity index is 3.59. The van der Waals surface area contributed by atoms with Crippen LogP contribution in [0.3, 0.4) is 0 Å². The summed E-state index contributed by atoms with van der Waals surface area (Å²) in [6.45, 7) is 1.19. The van der Waals surface area contributed by atoms with Crippen molar-refractivity contribution in [3.05, 3.63) is 22.9 Å². The van der Waals surface area contributed by atoms with Crippen molar-refractivity contribution < 1.29 is 36.2 Å². The number of carbonyl (C=O) groups excluding carboxylic acids is 1. The van der Waals surface area contributed by atoms with E-state index in [-0.39, 0.29) is 6.61 Å². The molecule has 112 valence electrons. The van der Waals surface area contributed by atoms with Crippen LogP contribution in [0.15, 0.2) is 6.07 Å². The van der Waals surface area contributed by atoms with Crippen molar-refractivity contribution in [2.45, 2.75) is 19.5 Å². The molecule has 9 heteroatoms. The molecule has 4 nitrogen and oxygen atoms in total. The number of ether oxygens (including phenoxy) is 2. The molecule has 0 N–H and O–H groups in total. The summed E-state index contributed by atoms with van der Waals surface area (Å²) in [6, 6.07) is 0.310. The number of nitrogens with zero attached hydrogens (tertiary/aromatic N) is 1. The number of hydrogen-bond donors (Lipinski definition) is 0. The number of rotatable bonds is 4. The van der Waals surface area contributed by atoms with Crippen molar-refractivity contribution >= 4 is 5.97 Å². The quantitative estimate of drug-likeness (QED) is 0.632. The molecule has 0 spiro atoms. The molecule has 0 fully saturated rings. The summed E-state index contributed by atoms with van der Waals surface area (Å²) in [7, 11) is 0.999. The Hall–Kier alpha value is -1.93. The van der Waals surface area contributed by atoms with Gasteiger partial charge in [0.05, 0.1) is 24.8 Å². The molecule has 0 aliphatic rings. The molecule has 1 heterocycles. The van der Waals surface area contributed by atoms with E-state index in [1.54, 1.807) is 0 Å². The molecule has 20 heavy (non-hydrogen) atoms. The fourth-order valence-electron chi connectivity index (χ4n) is 1.45. The van der Waals surface area contributed by atoms with E-state index < -0.39 is 41.3 Å². The standard InChI is InChI=1S/C11H10F5NO3/c1-3-20-10(18)8-7(9(12)13)5(11(14,15)16)4-6(17-8)19-2/h4,9H,3H2,1-2H3. The van der Waals surface area contributed by atoms with E-state index in [1.807, 2.05) is 0 Å². The molecule has 0 atom stereocenters. The molecule has 0 aliphatic heterocycles. The average molecular weight is 299 g/mol. The van der Waals surface area contributed by atoms with Crippen LogP contribution in [0.5, 0.6) is 5.88 Å². The smallest absolute Gasteiger partial charge is 0.417 e. The first-order chi connectivity index (χ1) is 9.22. The van der Waals surface area contributed by atoms with E-state index in [9.17, 15) is 26.7 Å². The van der Waals surface area contributed by atoms with Crippen molar-refractivity contribution in [2.24, 2.45) is 0 Å². The number of hydrogen-bond acceptors (Lipinski definition) is 4. The van der Waals surface area contributed by atoms with Crippen LogP contribution in [0.2, 0.25) is 0 Å². The third-order valence-electron chi connectivity index (χ3n) is 2.24. The Morgan fingerprint density at radius 3 is 2.40 bits per heavy atom. The van der Waals surface area contributed by atoms with Crippen molar-refractivity contribution in [3.8, 4) is 5.88 Å². The average Bonchev–Trinajstić information content (AvgIpc) is 2.36. The molecule has 0 saturated heterocycles. The normalized spacial score (nSPS) is 11.6. The maximum absolute atomic E-state index is 12.9. The second-order valence-electron chi connectivity index (χ2n) is 3.49. The van der Waals surface area contributed by atoms with Crippen LogP contribution in [-0.2, 0) is 10.9 Å². The summed E-state index contributed by atoms with van der Waals surface area (Å²) in [5, 5.41) is 0. The molecule has 0 aliphatic carbocycles. The molecule has 0 amide bonds. The van der Waals surface area contributed by atoms with Crippen molar-refractivity contribution in [1.82, 2.24) is 4.98 Å². The maximum atomic E-state index is 12.9. The third kappa shape index (κ3) is 3.34. The first-order valence-electron chi connectivity index (χ1n) is 5.33. The van der Waals surface area contributed by atoms with Gasteiger partial charge in [0.15, 0.2) is 5.69 Å². The van der Waals surface area contributed by atoms with E-state index in [2.05, 4.69) is 14.5 Å². The number of esters is 1. The van der Waals surface area contributed by atoms with Gasteiger partial charge in [-0.25, -0.2) is 18.6 Å². The topological polar surface area (TPSA) is 48.4 Å². The van der Waals surface area contributed by atoms with E-state index >= 15 is 0 Å². The fraction of sp³-hybridized carbons (Fsp3) is 0.455. The van der Waals surface area contributed by atoms with Gasteiger partial charge >= 0.3 is 12.1 Å². The van der Waals surface area contributed by atoms with Gasteiger partial charge in [-0.05, 0) is 6.92 Å². The monoisotopic (exact) mass is 299 g/mol. The Bertz CT molecular complexity index is 502. The van der Waals surface area contributed by atoms with Crippen LogP contribution < -0.4 is 4.74 Å². The lowest BCUT2D eigenvalue weighted by atomic mass is 10.1. The van der Waals surface area contributed by atoms with Crippen molar-refractivity contribution in [2.75, 3.05) is 13.7 Å². The van der Waals surface area contributed by atoms with Gasteiger partial charge in [-0.15, -0.1) is 0 Å². The SMILES string of the molecule is CCOC(=O)c1nc(OC)cc(C(F)(F)F)c1C(F)F. The van der Waals surface area contributed by atoms with Crippen molar-refractivity contribution in [3.63, 3.8) is 0 Å². The highest BCUT2D eigenvalue weighted by Crippen LogP contribution is 2.39. The molecule has 0 aromatic carbocycles. The summed E-state index contributed by atoms with van der Waals surface area (Å²) < 4.78 is 73.0. The molecule has 0 bridgehead atoms. The minimum atomic E-state index is -5.08.